The Hall–Kier alpha value is 2.10. The predicted molar refractivity (Wildman–Crippen MR) is 21.4 cm³/mol. The van der Waals surface area contributed by atoms with Crippen LogP contribution in [0.4, 0.5) is 0 Å². The molecule has 0 aromatic rings. The Balaban J connectivity index is 0. The van der Waals surface area contributed by atoms with Crippen LogP contribution in [0.1, 0.15) is 0 Å². The van der Waals surface area contributed by atoms with Crippen molar-refractivity contribution in [2.45, 2.75) is 0 Å². The zero-order valence-corrected chi connectivity index (χ0v) is 7.18. The second-order valence-corrected chi connectivity index (χ2v) is 7.42. The van der Waals surface area contributed by atoms with Crippen LogP contribution < -0.4 is 0 Å². The maximum absolute atomic E-state index is 7.94. The molecule has 0 fully saturated rings. The summed E-state index contributed by atoms with van der Waals surface area (Å²) in [5, 5.41) is 0. The van der Waals surface area contributed by atoms with Crippen molar-refractivity contribution in [3.8, 4) is 0 Å². The van der Waals surface area contributed by atoms with Gasteiger partial charge in [0.05, 0.1) is 0 Å². The van der Waals surface area contributed by atoms with E-state index >= 15 is 0 Å². The number of hydrogen-bond donors (Lipinski definition) is 0. The molecule has 0 radical (unpaired) electrons. The molecule has 0 aromatic heterocycles. The van der Waals surface area contributed by atoms with Crippen molar-refractivity contribution in [1.82, 2.24) is 0 Å². The van der Waals surface area contributed by atoms with E-state index in [0.29, 0.717) is 0 Å². The van der Waals surface area contributed by atoms with Gasteiger partial charge in [-0.3, -0.25) is 0 Å². The van der Waals surface area contributed by atoms with E-state index in [2.05, 4.69) is 37.6 Å². The fourth-order valence-electron chi connectivity index (χ4n) is 0. The molecule has 0 aliphatic heterocycles. The summed E-state index contributed by atoms with van der Waals surface area (Å²) in [5.74, 6) is 0. The van der Waals surface area contributed by atoms with E-state index in [4.69, 9.17) is 3.87 Å². The van der Waals surface area contributed by atoms with Crippen molar-refractivity contribution in [2.24, 2.45) is 0 Å². The van der Waals surface area contributed by atoms with Crippen LogP contribution in [0.25, 0.3) is 0 Å². The van der Waals surface area contributed by atoms with Gasteiger partial charge in [-0.05, 0) is 0 Å². The predicted octanol–water partition coefficient (Wildman–Crippen LogP) is 2.46. The molecule has 6 heteroatoms. The average molecular weight is 227 g/mol. The molecule has 0 N–H and O–H groups in total. The van der Waals surface area contributed by atoms with E-state index in [1.165, 1.54) is 0 Å². The molecule has 0 amide bonds. The summed E-state index contributed by atoms with van der Waals surface area (Å²) in [6.45, 7) is 0. The summed E-state index contributed by atoms with van der Waals surface area (Å²) in [7, 11) is 10.8. The van der Waals surface area contributed by atoms with Crippen molar-refractivity contribution >= 4 is 22.0 Å². The van der Waals surface area contributed by atoms with Crippen LogP contribution in [-0.4, -0.2) is 0 Å². The van der Waals surface area contributed by atoms with Crippen molar-refractivity contribution in [1.29, 1.82) is 0 Å². The number of hydrogen-bond acceptors (Lipinski definition) is 1. The fraction of sp³-hybridized carbons (Fsp3) is 0. The molecule has 0 aliphatic rings. The van der Waals surface area contributed by atoms with Crippen molar-refractivity contribution in [3.63, 3.8) is 0 Å². The van der Waals surface area contributed by atoms with E-state index < -0.39 is 10.3 Å². The van der Waals surface area contributed by atoms with Gasteiger partial charge in [0.25, 0.3) is 0 Å². The van der Waals surface area contributed by atoms with Gasteiger partial charge in [0, 0.05) is 0 Å². The van der Waals surface area contributed by atoms with Crippen LogP contribution in [0.5, 0.6) is 0 Å². The van der Waals surface area contributed by atoms with Gasteiger partial charge in [0.15, 0.2) is 0 Å². The first-order valence-corrected chi connectivity index (χ1v) is 6.09. The Morgan fingerprint density at radius 2 is 1.17 bits per heavy atom. The Labute approximate surface area is 51.8 Å². The van der Waals surface area contributed by atoms with E-state index in [1.54, 1.807) is 0 Å². The molecule has 0 aliphatic carbocycles. The minimum atomic E-state index is -0.521. The molecular formula is Co2OP3. The molecule has 39 valence electrons. The first-order valence-electron chi connectivity index (χ1n) is 0.583. The molecule has 0 spiro atoms. The van der Waals surface area contributed by atoms with Crippen molar-refractivity contribution < 1.29 is 29.8 Å². The first kappa shape index (κ1) is 11.0. The first-order chi connectivity index (χ1) is 2.73. The van der Waals surface area contributed by atoms with Gasteiger partial charge >= 0.3 is 51.8 Å². The summed E-state index contributed by atoms with van der Waals surface area (Å²) >= 11 is 2.31. The standard InChI is InChI=1S/2Co.O.3P. The molecule has 6 heavy (non-hydrogen) atoms. The molecule has 0 saturated carbocycles. The van der Waals surface area contributed by atoms with E-state index in [0.717, 1.165) is 0 Å². The summed E-state index contributed by atoms with van der Waals surface area (Å²) in [5.41, 5.74) is 0. The Morgan fingerprint density at radius 1 is 1.17 bits per heavy atom. The molecule has 0 heterocycles. The normalized spacial score (nSPS) is 4.33. The summed E-state index contributed by atoms with van der Waals surface area (Å²) < 4.78 is 7.94. The van der Waals surface area contributed by atoms with Crippen LogP contribution in [0.2, 0.25) is 0 Å². The molecule has 1 nitrogen and oxygen atoms in total. The third-order valence-corrected chi connectivity index (χ3v) is 0. The van der Waals surface area contributed by atoms with E-state index in [9.17, 15) is 0 Å². The zero-order chi connectivity index (χ0) is 5.58. The Morgan fingerprint density at radius 3 is 1.17 bits per heavy atom. The third-order valence-electron chi connectivity index (χ3n) is 0. The van der Waals surface area contributed by atoms with Gasteiger partial charge in [-0.1, -0.05) is 0 Å². The average Bonchev–Trinajstić information content (AvgIpc) is 1.41. The van der Waals surface area contributed by atoms with E-state index in [1.807, 2.05) is 0 Å². The second kappa shape index (κ2) is 10.2. The van der Waals surface area contributed by atoms with Crippen LogP contribution in [0, 0.1) is 0 Å². The SMILES string of the molecule is [O]=[Co].[P]#[Co](#[P])#[P]. The van der Waals surface area contributed by atoms with Crippen molar-refractivity contribution in [2.75, 3.05) is 0 Å². The summed E-state index contributed by atoms with van der Waals surface area (Å²) in [4.78, 5) is 0. The van der Waals surface area contributed by atoms with Gasteiger partial charge in [-0.25, -0.2) is 0 Å². The van der Waals surface area contributed by atoms with Gasteiger partial charge in [0.1, 0.15) is 0 Å². The van der Waals surface area contributed by atoms with E-state index in [-0.39, 0.29) is 0 Å². The molecule has 0 atom stereocenters. The molecule has 0 aromatic carbocycles. The summed E-state index contributed by atoms with van der Waals surface area (Å²) in [6, 6.07) is 0. The molecule has 0 bridgehead atoms. The minimum absolute atomic E-state index is 0.521. The van der Waals surface area contributed by atoms with Crippen molar-refractivity contribution in [3.05, 3.63) is 0 Å². The Kier molecular flexibility index (Phi) is 18.6. The monoisotopic (exact) mass is 227 g/mol. The van der Waals surface area contributed by atoms with Crippen LogP contribution in [0.15, 0.2) is 0 Å². The Bertz CT molecular complexity index is 237. The van der Waals surface area contributed by atoms with Gasteiger partial charge < -0.3 is 0 Å². The van der Waals surface area contributed by atoms with Gasteiger partial charge in [-0.2, -0.15) is 0 Å². The molecule has 0 unspecified atom stereocenters. The fourth-order valence-corrected chi connectivity index (χ4v) is 0. The number of rotatable bonds is 0. The molecular weight excluding hydrogens is 227 g/mol. The maximum atomic E-state index is 7.94. The quantitative estimate of drug-likeness (QED) is 0.580. The second-order valence-electron chi connectivity index (χ2n) is 0.200. The topological polar surface area (TPSA) is 17.1 Å². The van der Waals surface area contributed by atoms with Crippen LogP contribution >= 0.6 is 22.0 Å². The molecule has 0 rings (SSSR count). The van der Waals surface area contributed by atoms with Crippen LogP contribution in [0.3, 0.4) is 0 Å². The summed E-state index contributed by atoms with van der Waals surface area (Å²) in [6.07, 6.45) is 0. The third kappa shape index (κ3) is 35.9. The molecule has 0 saturated heterocycles. The van der Waals surface area contributed by atoms with Gasteiger partial charge in [0.2, 0.25) is 0 Å². The van der Waals surface area contributed by atoms with Crippen LogP contribution in [-0.2, 0) is 29.8 Å². The van der Waals surface area contributed by atoms with Gasteiger partial charge in [-0.15, -0.1) is 0 Å². The zero-order valence-electron chi connectivity index (χ0n) is 2.42.